The molecule has 0 saturated carbocycles. The van der Waals surface area contributed by atoms with E-state index in [1.165, 1.54) is 18.2 Å². The fourth-order valence-electron chi connectivity index (χ4n) is 1.72. The van der Waals surface area contributed by atoms with Crippen LogP contribution in [0.4, 0.5) is 4.39 Å². The summed E-state index contributed by atoms with van der Waals surface area (Å²) in [7, 11) is 0. The predicted molar refractivity (Wildman–Crippen MR) is 61.6 cm³/mol. The van der Waals surface area contributed by atoms with Crippen molar-refractivity contribution in [2.75, 3.05) is 0 Å². The molecule has 0 bridgehead atoms. The number of hydrogen-bond acceptors (Lipinski definition) is 2. The second-order valence-corrected chi connectivity index (χ2v) is 3.65. The highest BCUT2D eigenvalue weighted by Crippen LogP contribution is 2.14. The van der Waals surface area contributed by atoms with Crippen molar-refractivity contribution in [3.63, 3.8) is 0 Å². The van der Waals surface area contributed by atoms with Crippen LogP contribution in [-0.4, -0.2) is 14.5 Å². The highest BCUT2D eigenvalue weighted by Gasteiger charge is 2.05. The van der Waals surface area contributed by atoms with E-state index in [4.69, 9.17) is 0 Å². The number of benzene rings is 1. The summed E-state index contributed by atoms with van der Waals surface area (Å²) in [5.41, 5.74) is 1.84. The van der Waals surface area contributed by atoms with Crippen molar-refractivity contribution >= 4 is 11.2 Å². The number of H-pyrrole nitrogens is 1. The van der Waals surface area contributed by atoms with Gasteiger partial charge in [0.15, 0.2) is 0 Å². The zero-order valence-corrected chi connectivity index (χ0v) is 8.72. The van der Waals surface area contributed by atoms with Gasteiger partial charge in [-0.2, -0.15) is 0 Å². The number of halogens is 1. The van der Waals surface area contributed by atoms with Crippen LogP contribution in [0.25, 0.3) is 16.9 Å². The summed E-state index contributed by atoms with van der Waals surface area (Å²) in [6.07, 6.45) is 1.59. The molecule has 0 amide bonds. The van der Waals surface area contributed by atoms with E-state index in [-0.39, 0.29) is 11.4 Å². The first-order valence-corrected chi connectivity index (χ1v) is 5.06. The standard InChI is InChI=1S/C12H8FN3O/c13-8-1-3-9(4-2-8)16-7-14-10-5-6-11(17)15-12(10)16/h1-7H,(H,15,17). The van der Waals surface area contributed by atoms with Gasteiger partial charge in [0.1, 0.15) is 23.3 Å². The molecule has 0 aliphatic heterocycles. The molecule has 0 spiro atoms. The molecule has 0 radical (unpaired) electrons. The van der Waals surface area contributed by atoms with Crippen molar-refractivity contribution in [2.24, 2.45) is 0 Å². The Morgan fingerprint density at radius 3 is 2.65 bits per heavy atom. The molecule has 1 aromatic carbocycles. The van der Waals surface area contributed by atoms with Crippen LogP contribution in [0.2, 0.25) is 0 Å². The number of rotatable bonds is 1. The largest absolute Gasteiger partial charge is 0.306 e. The van der Waals surface area contributed by atoms with Gasteiger partial charge in [-0.3, -0.25) is 9.36 Å². The molecule has 1 N–H and O–H groups in total. The Kier molecular flexibility index (Phi) is 2.04. The molecule has 0 atom stereocenters. The lowest BCUT2D eigenvalue weighted by atomic mass is 10.3. The molecule has 3 aromatic rings. The molecule has 4 nitrogen and oxygen atoms in total. The predicted octanol–water partition coefficient (Wildman–Crippen LogP) is 1.85. The van der Waals surface area contributed by atoms with E-state index in [1.54, 1.807) is 29.1 Å². The number of aromatic amines is 1. The normalized spacial score (nSPS) is 10.9. The van der Waals surface area contributed by atoms with Crippen LogP contribution in [0.3, 0.4) is 0 Å². The topological polar surface area (TPSA) is 50.7 Å². The summed E-state index contributed by atoms with van der Waals surface area (Å²) in [5.74, 6) is -0.299. The van der Waals surface area contributed by atoms with Crippen LogP contribution in [0.15, 0.2) is 47.5 Å². The van der Waals surface area contributed by atoms with Gasteiger partial charge in [-0.1, -0.05) is 0 Å². The molecule has 5 heteroatoms. The van der Waals surface area contributed by atoms with Gasteiger partial charge in [0.05, 0.1) is 0 Å². The van der Waals surface area contributed by atoms with Crippen molar-refractivity contribution in [1.82, 2.24) is 14.5 Å². The molecule has 0 aliphatic rings. The second kappa shape index (κ2) is 3.55. The third-order valence-electron chi connectivity index (χ3n) is 2.53. The van der Waals surface area contributed by atoms with E-state index in [2.05, 4.69) is 9.97 Å². The Hall–Kier alpha value is -2.43. The smallest absolute Gasteiger partial charge is 0.249 e. The minimum absolute atomic E-state index is 0.193. The van der Waals surface area contributed by atoms with E-state index in [1.807, 2.05) is 0 Å². The first kappa shape index (κ1) is 9.77. The summed E-state index contributed by atoms with van der Waals surface area (Å²) in [6.45, 7) is 0. The van der Waals surface area contributed by atoms with Crippen LogP contribution in [0.1, 0.15) is 0 Å². The molecule has 0 fully saturated rings. The molecule has 2 aromatic heterocycles. The zero-order valence-electron chi connectivity index (χ0n) is 8.72. The average Bonchev–Trinajstić information content (AvgIpc) is 2.73. The van der Waals surface area contributed by atoms with Crippen LogP contribution < -0.4 is 5.56 Å². The minimum Gasteiger partial charge on any atom is -0.306 e. The maximum atomic E-state index is 12.8. The molecule has 2 heterocycles. The van der Waals surface area contributed by atoms with Crippen molar-refractivity contribution < 1.29 is 4.39 Å². The van der Waals surface area contributed by atoms with E-state index in [9.17, 15) is 9.18 Å². The summed E-state index contributed by atoms with van der Waals surface area (Å²) < 4.78 is 14.5. The maximum absolute atomic E-state index is 12.8. The Morgan fingerprint density at radius 1 is 1.12 bits per heavy atom. The summed E-state index contributed by atoms with van der Waals surface area (Å²) in [5, 5.41) is 0. The monoisotopic (exact) mass is 229 g/mol. The third-order valence-corrected chi connectivity index (χ3v) is 2.53. The highest BCUT2D eigenvalue weighted by atomic mass is 19.1. The van der Waals surface area contributed by atoms with Crippen LogP contribution in [0.5, 0.6) is 0 Å². The molecule has 0 saturated heterocycles. The molecule has 17 heavy (non-hydrogen) atoms. The maximum Gasteiger partial charge on any atom is 0.249 e. The number of nitrogens with one attached hydrogen (secondary N) is 1. The summed E-state index contributed by atoms with van der Waals surface area (Å²) in [6, 6.07) is 9.05. The number of imidazole rings is 1. The lowest BCUT2D eigenvalue weighted by Gasteiger charge is -2.02. The summed E-state index contributed by atoms with van der Waals surface area (Å²) in [4.78, 5) is 18.1. The van der Waals surface area contributed by atoms with Gasteiger partial charge < -0.3 is 4.98 Å². The van der Waals surface area contributed by atoms with E-state index in [0.717, 1.165) is 5.69 Å². The van der Waals surface area contributed by atoms with E-state index < -0.39 is 0 Å². The van der Waals surface area contributed by atoms with Crippen LogP contribution in [-0.2, 0) is 0 Å². The molecular weight excluding hydrogens is 221 g/mol. The van der Waals surface area contributed by atoms with Crippen molar-refractivity contribution in [3.05, 3.63) is 58.9 Å². The van der Waals surface area contributed by atoms with Gasteiger partial charge in [-0.05, 0) is 30.3 Å². The quantitative estimate of drug-likeness (QED) is 0.692. The number of hydrogen-bond donors (Lipinski definition) is 1. The Bertz CT molecular complexity index is 727. The van der Waals surface area contributed by atoms with Gasteiger partial charge in [0.25, 0.3) is 0 Å². The van der Waals surface area contributed by atoms with Gasteiger partial charge in [0.2, 0.25) is 5.56 Å². The van der Waals surface area contributed by atoms with Crippen molar-refractivity contribution in [1.29, 1.82) is 0 Å². The lowest BCUT2D eigenvalue weighted by Crippen LogP contribution is -2.05. The number of pyridine rings is 1. The zero-order chi connectivity index (χ0) is 11.8. The molecular formula is C12H8FN3O. The Labute approximate surface area is 95.4 Å². The molecule has 0 aliphatic carbocycles. The molecule has 84 valence electrons. The fourth-order valence-corrected chi connectivity index (χ4v) is 1.72. The van der Waals surface area contributed by atoms with Crippen LogP contribution in [0, 0.1) is 5.82 Å². The number of fused-ring (bicyclic) bond motifs is 1. The number of nitrogens with zero attached hydrogens (tertiary/aromatic N) is 2. The Balaban J connectivity index is 2.27. The minimum atomic E-state index is -0.299. The average molecular weight is 229 g/mol. The first-order chi connectivity index (χ1) is 8.24. The van der Waals surface area contributed by atoms with E-state index >= 15 is 0 Å². The van der Waals surface area contributed by atoms with Gasteiger partial charge in [-0.25, -0.2) is 9.37 Å². The highest BCUT2D eigenvalue weighted by molar-refractivity contribution is 5.72. The lowest BCUT2D eigenvalue weighted by molar-refractivity contribution is 0.627. The van der Waals surface area contributed by atoms with Gasteiger partial charge >= 0.3 is 0 Å². The molecule has 3 rings (SSSR count). The second-order valence-electron chi connectivity index (χ2n) is 3.65. The third kappa shape index (κ3) is 1.61. The van der Waals surface area contributed by atoms with Gasteiger partial charge in [0, 0.05) is 11.8 Å². The summed E-state index contributed by atoms with van der Waals surface area (Å²) >= 11 is 0. The van der Waals surface area contributed by atoms with Gasteiger partial charge in [-0.15, -0.1) is 0 Å². The number of aromatic nitrogens is 3. The Morgan fingerprint density at radius 2 is 1.88 bits per heavy atom. The van der Waals surface area contributed by atoms with E-state index in [0.29, 0.717) is 11.2 Å². The first-order valence-electron chi connectivity index (χ1n) is 5.06. The SMILES string of the molecule is O=c1ccc2ncn(-c3ccc(F)cc3)c2[nH]1. The van der Waals surface area contributed by atoms with Crippen molar-refractivity contribution in [3.8, 4) is 5.69 Å². The fraction of sp³-hybridized carbons (Fsp3) is 0. The molecule has 0 unspecified atom stereocenters. The van der Waals surface area contributed by atoms with Crippen LogP contribution >= 0.6 is 0 Å². The van der Waals surface area contributed by atoms with Crippen molar-refractivity contribution in [2.45, 2.75) is 0 Å².